The van der Waals surface area contributed by atoms with Crippen LogP contribution < -0.4 is 0 Å². The minimum atomic E-state index is -0.0222. The van der Waals surface area contributed by atoms with E-state index in [-0.39, 0.29) is 11.3 Å². The second-order valence-electron chi connectivity index (χ2n) is 5.95. The van der Waals surface area contributed by atoms with E-state index in [4.69, 9.17) is 4.42 Å². The lowest BCUT2D eigenvalue weighted by Crippen LogP contribution is -2.49. The Balaban J connectivity index is 1.93. The molecule has 0 saturated carbocycles. The summed E-state index contributed by atoms with van der Waals surface area (Å²) in [4.78, 5) is 16.2. The molecule has 4 heteroatoms. The van der Waals surface area contributed by atoms with Crippen molar-refractivity contribution in [3.05, 3.63) is 36.4 Å². The lowest BCUT2D eigenvalue weighted by atomic mass is 9.91. The highest BCUT2D eigenvalue weighted by molar-refractivity contribution is 5.91. The summed E-state index contributed by atoms with van der Waals surface area (Å²) in [5.74, 6) is 0.397. The summed E-state index contributed by atoms with van der Waals surface area (Å²) in [7, 11) is 0. The third-order valence-electron chi connectivity index (χ3n) is 3.55. The van der Waals surface area contributed by atoms with Crippen LogP contribution in [0.25, 0.3) is 0 Å². The molecule has 0 unspecified atom stereocenters. The molecule has 19 heavy (non-hydrogen) atoms. The predicted octanol–water partition coefficient (Wildman–Crippen LogP) is 2.60. The first-order valence-electron chi connectivity index (χ1n) is 6.66. The van der Waals surface area contributed by atoms with E-state index in [9.17, 15) is 4.79 Å². The summed E-state index contributed by atoms with van der Waals surface area (Å²) < 4.78 is 5.15. The van der Waals surface area contributed by atoms with Crippen molar-refractivity contribution in [2.45, 2.75) is 20.8 Å². The fourth-order valence-corrected chi connectivity index (χ4v) is 2.21. The van der Waals surface area contributed by atoms with Gasteiger partial charge < -0.3 is 14.2 Å². The molecule has 2 rings (SSSR count). The van der Waals surface area contributed by atoms with Crippen LogP contribution in [-0.4, -0.2) is 41.9 Å². The zero-order chi connectivity index (χ0) is 14.0. The highest BCUT2D eigenvalue weighted by Crippen LogP contribution is 2.27. The van der Waals surface area contributed by atoms with Crippen molar-refractivity contribution < 1.29 is 9.21 Å². The first-order valence-corrected chi connectivity index (χ1v) is 6.66. The van der Waals surface area contributed by atoms with E-state index in [0.29, 0.717) is 18.8 Å². The summed E-state index contributed by atoms with van der Waals surface area (Å²) in [6, 6.07) is 3.45. The van der Waals surface area contributed by atoms with E-state index in [1.54, 1.807) is 12.1 Å². The summed E-state index contributed by atoms with van der Waals surface area (Å²) in [5.41, 5.74) is 1.21. The van der Waals surface area contributed by atoms with Gasteiger partial charge in [0.05, 0.1) is 6.26 Å². The first-order chi connectivity index (χ1) is 8.89. The monoisotopic (exact) mass is 262 g/mol. The molecule has 0 aliphatic carbocycles. The van der Waals surface area contributed by atoms with Crippen molar-refractivity contribution in [3.63, 3.8) is 0 Å². The van der Waals surface area contributed by atoms with Gasteiger partial charge >= 0.3 is 0 Å². The lowest BCUT2D eigenvalue weighted by Gasteiger charge is -2.40. The Hall–Kier alpha value is -1.71. The standard InChI is InChI=1S/C15H22N2O2/c1-12(15(2,3)4)16-7-9-17(10-8-16)14(18)13-6-5-11-19-13/h5-6,11H,1,7-10H2,2-4H3. The van der Waals surface area contributed by atoms with Crippen LogP contribution in [0.15, 0.2) is 35.1 Å². The van der Waals surface area contributed by atoms with Gasteiger partial charge in [-0.15, -0.1) is 0 Å². The smallest absolute Gasteiger partial charge is 0.289 e. The SMILES string of the molecule is C=C(N1CCN(C(=O)c2ccco2)CC1)C(C)(C)C. The van der Waals surface area contributed by atoms with Crippen molar-refractivity contribution in [2.75, 3.05) is 26.2 Å². The first kappa shape index (κ1) is 13.7. The van der Waals surface area contributed by atoms with E-state index >= 15 is 0 Å². The van der Waals surface area contributed by atoms with Crippen LogP contribution in [0.4, 0.5) is 0 Å². The van der Waals surface area contributed by atoms with Crippen LogP contribution in [0.1, 0.15) is 31.3 Å². The number of piperazine rings is 1. The van der Waals surface area contributed by atoms with Gasteiger partial charge in [0.2, 0.25) is 0 Å². The van der Waals surface area contributed by atoms with Crippen molar-refractivity contribution in [1.82, 2.24) is 9.80 Å². The average Bonchev–Trinajstić information content (AvgIpc) is 2.90. The fraction of sp³-hybridized carbons (Fsp3) is 0.533. The Labute approximate surface area is 114 Å². The Bertz CT molecular complexity index is 449. The number of hydrogen-bond donors (Lipinski definition) is 0. The van der Waals surface area contributed by atoms with Crippen molar-refractivity contribution in [2.24, 2.45) is 5.41 Å². The number of nitrogens with zero attached hydrogens (tertiary/aromatic N) is 2. The highest BCUT2D eigenvalue weighted by Gasteiger charge is 2.27. The summed E-state index contributed by atoms with van der Waals surface area (Å²) >= 11 is 0. The number of amides is 1. The molecule has 0 radical (unpaired) electrons. The molecule has 1 saturated heterocycles. The van der Waals surface area contributed by atoms with Crippen LogP contribution >= 0.6 is 0 Å². The third-order valence-corrected chi connectivity index (χ3v) is 3.55. The number of hydrogen-bond acceptors (Lipinski definition) is 3. The van der Waals surface area contributed by atoms with E-state index in [1.807, 2.05) is 4.90 Å². The summed E-state index contributed by atoms with van der Waals surface area (Å²) in [6.45, 7) is 13.8. The Morgan fingerprint density at radius 1 is 1.21 bits per heavy atom. The molecule has 0 bridgehead atoms. The average molecular weight is 262 g/mol. The van der Waals surface area contributed by atoms with Gasteiger partial charge in [0.15, 0.2) is 5.76 Å². The zero-order valence-electron chi connectivity index (χ0n) is 12.0. The maximum atomic E-state index is 12.1. The lowest BCUT2D eigenvalue weighted by molar-refractivity contribution is 0.0621. The number of furan rings is 1. The van der Waals surface area contributed by atoms with Gasteiger partial charge in [0.25, 0.3) is 5.91 Å². The van der Waals surface area contributed by atoms with Gasteiger partial charge in [-0.3, -0.25) is 4.79 Å². The van der Waals surface area contributed by atoms with E-state index in [0.717, 1.165) is 18.8 Å². The summed E-state index contributed by atoms with van der Waals surface area (Å²) in [6.07, 6.45) is 1.53. The zero-order valence-corrected chi connectivity index (χ0v) is 12.0. The summed E-state index contributed by atoms with van der Waals surface area (Å²) in [5, 5.41) is 0. The predicted molar refractivity (Wildman–Crippen MR) is 74.8 cm³/mol. The molecule has 0 N–H and O–H groups in total. The van der Waals surface area contributed by atoms with Crippen molar-refractivity contribution in [1.29, 1.82) is 0 Å². The molecule has 1 aromatic rings. The normalized spacial score (nSPS) is 16.6. The number of carbonyl (C=O) groups is 1. The second-order valence-corrected chi connectivity index (χ2v) is 5.95. The quantitative estimate of drug-likeness (QED) is 0.822. The van der Waals surface area contributed by atoms with E-state index in [1.165, 1.54) is 6.26 Å². The largest absolute Gasteiger partial charge is 0.459 e. The van der Waals surface area contributed by atoms with E-state index < -0.39 is 0 Å². The number of carbonyl (C=O) groups excluding carboxylic acids is 1. The maximum absolute atomic E-state index is 12.1. The van der Waals surface area contributed by atoms with Gasteiger partial charge in [0, 0.05) is 37.3 Å². The maximum Gasteiger partial charge on any atom is 0.289 e. The molecule has 104 valence electrons. The minimum Gasteiger partial charge on any atom is -0.459 e. The van der Waals surface area contributed by atoms with Crippen molar-refractivity contribution in [3.8, 4) is 0 Å². The highest BCUT2D eigenvalue weighted by atomic mass is 16.3. The van der Waals surface area contributed by atoms with Gasteiger partial charge in [-0.1, -0.05) is 27.4 Å². The molecule has 0 spiro atoms. The number of rotatable bonds is 2. The molecule has 1 fully saturated rings. The topological polar surface area (TPSA) is 36.7 Å². The van der Waals surface area contributed by atoms with Crippen LogP contribution in [0.2, 0.25) is 0 Å². The van der Waals surface area contributed by atoms with Gasteiger partial charge in [-0.25, -0.2) is 0 Å². The van der Waals surface area contributed by atoms with E-state index in [2.05, 4.69) is 32.3 Å². The molecule has 1 amide bonds. The molecule has 0 aromatic carbocycles. The molecular weight excluding hydrogens is 240 g/mol. The molecule has 1 aliphatic rings. The minimum absolute atomic E-state index is 0.0222. The van der Waals surface area contributed by atoms with Crippen LogP contribution in [0.5, 0.6) is 0 Å². The van der Waals surface area contributed by atoms with Crippen LogP contribution in [0, 0.1) is 5.41 Å². The molecule has 1 aliphatic heterocycles. The number of allylic oxidation sites excluding steroid dienone is 1. The Kier molecular flexibility index (Phi) is 3.69. The van der Waals surface area contributed by atoms with Gasteiger partial charge in [0.1, 0.15) is 0 Å². The molecule has 1 aromatic heterocycles. The molecule has 4 nitrogen and oxygen atoms in total. The van der Waals surface area contributed by atoms with Crippen molar-refractivity contribution >= 4 is 5.91 Å². The van der Waals surface area contributed by atoms with Gasteiger partial charge in [-0.2, -0.15) is 0 Å². The fourth-order valence-electron chi connectivity index (χ4n) is 2.21. The molecule has 0 atom stereocenters. The Morgan fingerprint density at radius 2 is 1.79 bits per heavy atom. The third kappa shape index (κ3) is 3.00. The second kappa shape index (κ2) is 5.11. The van der Waals surface area contributed by atoms with Gasteiger partial charge in [-0.05, 0) is 12.1 Å². The molecule has 2 heterocycles. The Morgan fingerprint density at radius 3 is 2.26 bits per heavy atom. The van der Waals surface area contributed by atoms with Crippen LogP contribution in [0.3, 0.4) is 0 Å². The molecular formula is C15H22N2O2. The van der Waals surface area contributed by atoms with Crippen LogP contribution in [-0.2, 0) is 0 Å².